The van der Waals surface area contributed by atoms with Crippen molar-refractivity contribution >= 4 is 80.1 Å². The number of benzene rings is 1. The van der Waals surface area contributed by atoms with Crippen LogP contribution in [0.2, 0.25) is 0 Å². The monoisotopic (exact) mass is 309 g/mol. The van der Waals surface area contributed by atoms with E-state index in [0.29, 0.717) is 0 Å². The summed E-state index contributed by atoms with van der Waals surface area (Å²) in [6.07, 6.45) is 0. The van der Waals surface area contributed by atoms with Crippen LogP contribution in [0.25, 0.3) is 0 Å². The Bertz CT molecular complexity index is 147. The predicted octanol–water partition coefficient (Wildman–Crippen LogP) is 3.80. The third-order valence-electron chi connectivity index (χ3n) is 0.800. The van der Waals surface area contributed by atoms with Crippen molar-refractivity contribution in [1.29, 1.82) is 0 Å². The Balaban J connectivity index is -0.0000000204. The summed E-state index contributed by atoms with van der Waals surface area (Å²) in [6.45, 7) is 0. The molecule has 0 atom stereocenters. The maximum atomic E-state index is 5.36. The average Bonchev–Trinajstić information content (AvgIpc) is 1.69. The lowest BCUT2D eigenvalue weighted by atomic mass is 10.3. The van der Waals surface area contributed by atoms with E-state index >= 15 is 0 Å². The number of para-hydroxylation sites is 1. The van der Waals surface area contributed by atoms with Crippen LogP contribution in [0.15, 0.2) is 30.3 Å². The van der Waals surface area contributed by atoms with Crippen LogP contribution in [0.4, 0.5) is 5.69 Å². The molecule has 0 amide bonds. The van der Waals surface area contributed by atoms with Gasteiger partial charge in [0.1, 0.15) is 0 Å². The fraction of sp³-hybridized carbons (Fsp3) is 0. The molecule has 84 valence electrons. The Labute approximate surface area is 116 Å². The second kappa shape index (κ2) is 23.0. The van der Waals surface area contributed by atoms with Crippen LogP contribution in [0.1, 0.15) is 0 Å². The molecule has 0 aliphatic carbocycles. The van der Waals surface area contributed by atoms with Crippen molar-refractivity contribution in [1.82, 2.24) is 0 Å². The number of anilines is 1. The molecule has 0 saturated heterocycles. The van der Waals surface area contributed by atoms with Crippen molar-refractivity contribution in [2.45, 2.75) is 0 Å². The van der Waals surface area contributed by atoms with E-state index in [9.17, 15) is 0 Å². The molecule has 0 fully saturated rings. The number of halogens is 6. The molecule has 1 rings (SSSR count). The minimum Gasteiger partial charge on any atom is -0.399 e. The highest BCUT2D eigenvalue weighted by Gasteiger charge is 1.72. The van der Waals surface area contributed by atoms with E-state index in [1.165, 1.54) is 0 Å². The van der Waals surface area contributed by atoms with Crippen LogP contribution in [0.3, 0.4) is 0 Å². The summed E-state index contributed by atoms with van der Waals surface area (Å²) in [5, 5.41) is 0. The maximum Gasteiger partial charge on any atom is 0.0313 e. The lowest BCUT2D eigenvalue weighted by Gasteiger charge is -1.83. The van der Waals surface area contributed by atoms with Crippen LogP contribution < -0.4 is 5.73 Å². The zero-order chi connectivity index (χ0) is 5.11. The molecule has 2 N–H and O–H groups in total. The Morgan fingerprint density at radius 1 is 0.615 bits per heavy atom. The number of nitrogens with two attached hydrogens (primary N) is 1. The van der Waals surface area contributed by atoms with Crippen molar-refractivity contribution in [3.63, 3.8) is 0 Å². The lowest BCUT2D eigenvalue weighted by Crippen LogP contribution is -1.79. The van der Waals surface area contributed by atoms with E-state index in [1.807, 2.05) is 30.3 Å². The van der Waals surface area contributed by atoms with E-state index in [2.05, 4.69) is 0 Å². The van der Waals surface area contributed by atoms with Crippen LogP contribution in [-0.4, -0.2) is 0 Å². The zero-order valence-corrected chi connectivity index (χ0v) is 11.3. The summed E-state index contributed by atoms with van der Waals surface area (Å²) in [7, 11) is 0. The summed E-state index contributed by atoms with van der Waals surface area (Å²) in [6, 6.07) is 9.49. The molecule has 1 nitrogen and oxygen atoms in total. The molecule has 13 heavy (non-hydrogen) atoms. The van der Waals surface area contributed by atoms with Crippen molar-refractivity contribution < 1.29 is 0 Å². The van der Waals surface area contributed by atoms with Gasteiger partial charge in [-0.3, -0.25) is 0 Å². The predicted molar refractivity (Wildman–Crippen MR) is 74.3 cm³/mol. The van der Waals surface area contributed by atoms with Crippen LogP contribution >= 0.6 is 74.4 Å². The summed E-state index contributed by atoms with van der Waals surface area (Å²) >= 11 is 0. The van der Waals surface area contributed by atoms with Crippen LogP contribution in [-0.2, 0) is 0 Å². The van der Waals surface area contributed by atoms with Gasteiger partial charge in [0.25, 0.3) is 0 Å². The fourth-order valence-corrected chi connectivity index (χ4v) is 0.453. The summed E-state index contributed by atoms with van der Waals surface area (Å²) < 4.78 is 0. The molecular formula is C6H13Cl6N. The van der Waals surface area contributed by atoms with E-state index in [0.717, 1.165) is 5.69 Å². The standard InChI is InChI=1S/C6H7N.6ClH/c7-6-4-2-1-3-5-6;;;;;;/h1-5H,7H2;6*1H. The molecule has 0 saturated carbocycles. The molecule has 0 spiro atoms. The number of rotatable bonds is 0. The SMILES string of the molecule is Cl.Cl.Cl.Cl.Cl.Cl.Nc1ccccc1. The Morgan fingerprint density at radius 3 is 1.08 bits per heavy atom. The van der Waals surface area contributed by atoms with E-state index < -0.39 is 0 Å². The molecule has 1 aromatic rings. The van der Waals surface area contributed by atoms with Gasteiger partial charge in [-0.05, 0) is 12.1 Å². The van der Waals surface area contributed by atoms with E-state index in [1.54, 1.807) is 0 Å². The van der Waals surface area contributed by atoms with Gasteiger partial charge in [-0.1, -0.05) is 18.2 Å². The van der Waals surface area contributed by atoms with Gasteiger partial charge in [-0.25, -0.2) is 0 Å². The number of hydrogen-bond acceptors (Lipinski definition) is 1. The molecule has 0 aliphatic heterocycles. The number of nitrogen functional groups attached to an aromatic ring is 1. The quantitative estimate of drug-likeness (QED) is 0.725. The van der Waals surface area contributed by atoms with E-state index in [4.69, 9.17) is 5.73 Å². The van der Waals surface area contributed by atoms with Gasteiger partial charge in [0.15, 0.2) is 0 Å². The molecule has 0 bridgehead atoms. The fourth-order valence-electron chi connectivity index (χ4n) is 0.453. The Hall–Kier alpha value is 0.760. The zero-order valence-electron chi connectivity index (χ0n) is 6.41. The van der Waals surface area contributed by atoms with E-state index in [-0.39, 0.29) is 74.4 Å². The van der Waals surface area contributed by atoms with Crippen LogP contribution in [0.5, 0.6) is 0 Å². The lowest BCUT2D eigenvalue weighted by molar-refractivity contribution is 1.69. The third kappa shape index (κ3) is 19.3. The smallest absolute Gasteiger partial charge is 0.0313 e. The molecule has 0 aliphatic rings. The van der Waals surface area contributed by atoms with Gasteiger partial charge in [0.2, 0.25) is 0 Å². The van der Waals surface area contributed by atoms with Gasteiger partial charge in [0.05, 0.1) is 0 Å². The van der Waals surface area contributed by atoms with Gasteiger partial charge in [0, 0.05) is 5.69 Å². The topological polar surface area (TPSA) is 26.0 Å². The average molecular weight is 312 g/mol. The third-order valence-corrected chi connectivity index (χ3v) is 0.800. The minimum absolute atomic E-state index is 0. The molecule has 0 unspecified atom stereocenters. The molecule has 7 heteroatoms. The van der Waals surface area contributed by atoms with Crippen molar-refractivity contribution in [3.8, 4) is 0 Å². The maximum absolute atomic E-state index is 5.36. The minimum atomic E-state index is 0. The second-order valence-electron chi connectivity index (χ2n) is 1.41. The summed E-state index contributed by atoms with van der Waals surface area (Å²) in [4.78, 5) is 0. The largest absolute Gasteiger partial charge is 0.399 e. The first-order valence-corrected chi connectivity index (χ1v) is 2.20. The first-order chi connectivity index (χ1) is 3.39. The van der Waals surface area contributed by atoms with Gasteiger partial charge in [-0.15, -0.1) is 74.4 Å². The molecule has 1 aromatic carbocycles. The van der Waals surface area contributed by atoms with Crippen molar-refractivity contribution in [2.24, 2.45) is 0 Å². The van der Waals surface area contributed by atoms with Crippen molar-refractivity contribution in [2.75, 3.05) is 5.73 Å². The Kier molecular flexibility index (Phi) is 65.8. The van der Waals surface area contributed by atoms with Gasteiger partial charge in [-0.2, -0.15) is 0 Å². The number of hydrogen-bond donors (Lipinski definition) is 1. The highest BCUT2D eigenvalue weighted by Crippen LogP contribution is 1.95. The normalized spacial score (nSPS) is 4.62. The van der Waals surface area contributed by atoms with Gasteiger partial charge < -0.3 is 5.73 Å². The Morgan fingerprint density at radius 2 is 0.923 bits per heavy atom. The molecule has 0 aromatic heterocycles. The highest BCUT2D eigenvalue weighted by atomic mass is 35.5. The summed E-state index contributed by atoms with van der Waals surface area (Å²) in [5.74, 6) is 0. The second-order valence-corrected chi connectivity index (χ2v) is 1.41. The van der Waals surface area contributed by atoms with Crippen LogP contribution in [0, 0.1) is 0 Å². The van der Waals surface area contributed by atoms with Gasteiger partial charge >= 0.3 is 0 Å². The first kappa shape index (κ1) is 37.2. The molecule has 0 radical (unpaired) electrons. The molecular weight excluding hydrogens is 299 g/mol. The highest BCUT2D eigenvalue weighted by molar-refractivity contribution is 5.86. The summed E-state index contributed by atoms with van der Waals surface area (Å²) in [5.41, 5.74) is 6.18. The first-order valence-electron chi connectivity index (χ1n) is 2.20. The van der Waals surface area contributed by atoms with Crippen molar-refractivity contribution in [3.05, 3.63) is 30.3 Å². The molecule has 0 heterocycles.